The molecule has 612 valence electrons. The molecule has 0 spiro atoms. The maximum absolute atomic E-state index is 11.6. The topological polar surface area (TPSA) is 236 Å². The number of carboxylic acids is 1. The Kier molecular flexibility index (Phi) is 44.9. The fraction of sp³-hybridized carbons (Fsp3) is 0.434. The van der Waals surface area contributed by atoms with Gasteiger partial charge in [-0.15, -0.1) is 0 Å². The van der Waals surface area contributed by atoms with Crippen LogP contribution in [0.4, 0.5) is 17.1 Å². The molecule has 8 aromatic carbocycles. The van der Waals surface area contributed by atoms with Crippen molar-refractivity contribution in [3.05, 3.63) is 266 Å². The molecule has 1 heterocycles. The molecule has 0 saturated heterocycles. The van der Waals surface area contributed by atoms with Crippen molar-refractivity contribution in [2.45, 2.75) is 263 Å². The van der Waals surface area contributed by atoms with Crippen molar-refractivity contribution in [2.75, 3.05) is 35.2 Å². The predicted octanol–water partition coefficient (Wildman–Crippen LogP) is 23.2. The van der Waals surface area contributed by atoms with Crippen molar-refractivity contribution >= 4 is 63.9 Å². The predicted molar refractivity (Wildman–Crippen MR) is 474 cm³/mol. The van der Waals surface area contributed by atoms with Gasteiger partial charge in [-0.05, 0) is 223 Å². The highest BCUT2D eigenvalue weighted by Gasteiger charge is 2.23. The first kappa shape index (κ1) is 99.3. The molecule has 0 atom stereocenters. The maximum Gasteiger partial charge on any atom is 0.335 e. The Hall–Kier alpha value is -9.76. The summed E-state index contributed by atoms with van der Waals surface area (Å²) >= 11 is 0. The number of aromatic carboxylic acids is 1. The molecule has 1 aliphatic heterocycles. The van der Waals surface area contributed by atoms with Gasteiger partial charge in [0, 0.05) is 67.3 Å². The van der Waals surface area contributed by atoms with E-state index in [0.29, 0.717) is 79.8 Å². The monoisotopic (exact) mass is 1540 g/mol. The van der Waals surface area contributed by atoms with Crippen molar-refractivity contribution in [2.24, 2.45) is 11.5 Å². The molecule has 8 aromatic rings. The average molecular weight is 1540 g/mol. The molecule has 14 heteroatoms. The van der Waals surface area contributed by atoms with Crippen LogP contribution in [0.3, 0.4) is 0 Å². The Balaban J connectivity index is 0.000000440. The molecular formula is C99H137N5O9. The third-order valence-electron chi connectivity index (χ3n) is 18.9. The van der Waals surface area contributed by atoms with Gasteiger partial charge in [0.25, 0.3) is 0 Å². The van der Waals surface area contributed by atoms with E-state index in [1.807, 2.05) is 102 Å². The van der Waals surface area contributed by atoms with Gasteiger partial charge >= 0.3 is 5.97 Å². The lowest BCUT2D eigenvalue weighted by atomic mass is 9.87. The van der Waals surface area contributed by atoms with Crippen LogP contribution in [0, 0.1) is 0 Å². The molecule has 7 N–H and O–H groups in total. The summed E-state index contributed by atoms with van der Waals surface area (Å²) < 4.78 is 0. The van der Waals surface area contributed by atoms with Gasteiger partial charge in [0.15, 0.2) is 11.6 Å². The van der Waals surface area contributed by atoms with Gasteiger partial charge < -0.3 is 36.9 Å². The van der Waals surface area contributed by atoms with E-state index in [1.54, 1.807) is 46.8 Å². The van der Waals surface area contributed by atoms with E-state index in [9.17, 15) is 38.4 Å². The van der Waals surface area contributed by atoms with Gasteiger partial charge in [-0.1, -0.05) is 270 Å². The lowest BCUT2D eigenvalue weighted by molar-refractivity contribution is -0.117. The average Bonchev–Trinajstić information content (AvgIpc) is 1.66. The third-order valence-corrected chi connectivity index (χ3v) is 18.9. The van der Waals surface area contributed by atoms with Gasteiger partial charge in [-0.25, -0.2) is 4.79 Å². The zero-order chi connectivity index (χ0) is 85.3. The minimum absolute atomic E-state index is 0.0268. The van der Waals surface area contributed by atoms with E-state index in [4.69, 9.17) is 16.6 Å². The Bertz CT molecular complexity index is 4010. The first-order chi connectivity index (χ1) is 53.0. The van der Waals surface area contributed by atoms with E-state index in [-0.39, 0.29) is 51.7 Å². The van der Waals surface area contributed by atoms with Crippen LogP contribution in [-0.2, 0) is 54.1 Å². The van der Waals surface area contributed by atoms with Crippen molar-refractivity contribution in [1.82, 2.24) is 0 Å². The van der Waals surface area contributed by atoms with E-state index in [2.05, 4.69) is 214 Å². The van der Waals surface area contributed by atoms with Crippen molar-refractivity contribution in [3.8, 4) is 0 Å². The zero-order valence-corrected chi connectivity index (χ0v) is 72.7. The van der Waals surface area contributed by atoms with Gasteiger partial charge in [0.1, 0.15) is 11.6 Å². The molecule has 0 aliphatic carbocycles. The number of unbranched alkanes of at least 4 members (excludes halogenated alkanes) is 1. The number of hydrogen-bond acceptors (Lipinski definition) is 10. The minimum Gasteiger partial charge on any atom is -0.478 e. The Labute approximate surface area is 679 Å². The number of rotatable bonds is 23. The Morgan fingerprint density at radius 3 is 1.02 bits per heavy atom. The van der Waals surface area contributed by atoms with E-state index in [1.165, 1.54) is 55.6 Å². The number of aryl methyl sites for hydroxylation is 1. The molecule has 9 rings (SSSR count). The number of fused-ring (bicyclic) bond motifs is 1. The fourth-order valence-corrected chi connectivity index (χ4v) is 11.3. The van der Waals surface area contributed by atoms with Gasteiger partial charge in [-0.3, -0.25) is 28.8 Å². The molecule has 14 nitrogen and oxygen atoms in total. The summed E-state index contributed by atoms with van der Waals surface area (Å²) in [5.74, 6) is 3.32. The summed E-state index contributed by atoms with van der Waals surface area (Å²) in [6.45, 7) is 48.9. The van der Waals surface area contributed by atoms with Crippen molar-refractivity contribution in [3.63, 3.8) is 0 Å². The number of Topliss-reactive ketones (excluding diaryl/α,β-unsaturated/α-hetero) is 4. The van der Waals surface area contributed by atoms with Gasteiger partial charge in [-0.2, -0.15) is 0 Å². The first-order valence-corrected chi connectivity index (χ1v) is 40.3. The van der Waals surface area contributed by atoms with Gasteiger partial charge in [0.2, 0.25) is 17.7 Å². The summed E-state index contributed by atoms with van der Waals surface area (Å²) in [7, 11) is 0. The van der Waals surface area contributed by atoms with Crippen LogP contribution < -0.4 is 27.0 Å². The zero-order valence-electron chi connectivity index (χ0n) is 72.7. The summed E-state index contributed by atoms with van der Waals surface area (Å²) in [5, 5.41) is 14.4. The number of carbonyl (C=O) groups excluding carboxylic acids is 7. The number of nitrogens with two attached hydrogens (primary N) is 2. The molecule has 0 saturated carbocycles. The standard InChI is InChI=1S/C15H24N2O.C14H22N2O.C13H17NO.C13H18O.C12H16O.2C11H14O.C10H12O2/c1-15(2,3)12-7-9-13(10-8-12)17-14(18)6-4-5-11-16;1-14(2,3)11-6-8-12(9-7-11)16-13(17)5-4-10-15;1-9(2)11-4-5-13-12(8-11)6-7-14(13)10(3)15;1-10(2)13-8-6-12(7-9-13)5-4-11(3)14;1-9(2)12-6-4-11(5-7-12)8-10(3)13;2*1-8(2)10-4-6-11(7-5-10)9(3)12;1-7(2)8-3-5-9(6-4-8)10(11)12/h7-10H,4-6,11,16H2,1-3H3,(H,17,18);6-9H,4-5,10,15H2,1-3H3,(H,16,17);4-5,8-9H,6-7H2,1-3H3;6-10H,4-5H2,1-3H3;4-7,9H,8H2,1-3H3;2*4-8H,1-3H3;3-7H,1-2H3,(H,11,12). The Morgan fingerprint density at radius 2 is 0.717 bits per heavy atom. The third kappa shape index (κ3) is 40.0. The molecule has 0 unspecified atom stereocenters. The van der Waals surface area contributed by atoms with Crippen LogP contribution in [0.2, 0.25) is 0 Å². The number of benzene rings is 8. The lowest BCUT2D eigenvalue weighted by Gasteiger charge is -2.19. The van der Waals surface area contributed by atoms with Crippen LogP contribution in [0.15, 0.2) is 188 Å². The molecule has 1 aliphatic rings. The smallest absolute Gasteiger partial charge is 0.335 e. The molecule has 3 amide bonds. The van der Waals surface area contributed by atoms with E-state index in [0.717, 1.165) is 72.4 Å². The number of nitrogens with one attached hydrogen (secondary N) is 2. The van der Waals surface area contributed by atoms with Crippen molar-refractivity contribution < 1.29 is 43.5 Å². The second-order valence-corrected chi connectivity index (χ2v) is 33.0. The molecule has 0 fully saturated rings. The SMILES string of the molecule is CC(=O)CCc1ccc(C(C)C)cc1.CC(=O)Cc1ccc(C(C)C)cc1.CC(=O)N1CCc2cc(C(C)C)ccc21.CC(=O)c1ccc(C(C)C)cc1.CC(=O)c1ccc(C(C)C)cc1.CC(C)(C)c1ccc(NC(=O)CCCCN)cc1.CC(C)(C)c1ccc(NC(=O)CCCN)cc1.CC(C)c1ccc(C(=O)O)cc1. The van der Waals surface area contributed by atoms with Crippen molar-refractivity contribution in [1.29, 1.82) is 0 Å². The minimum atomic E-state index is -0.870. The summed E-state index contributed by atoms with van der Waals surface area (Å²) in [6, 6.07) is 61.9. The normalized spacial score (nSPS) is 11.2. The number of carboxylic acid groups (broad SMARTS) is 1. The summed E-state index contributed by atoms with van der Waals surface area (Å²) in [6.07, 6.45) is 6.57. The first-order valence-electron chi connectivity index (χ1n) is 40.3. The second-order valence-electron chi connectivity index (χ2n) is 33.0. The number of hydrogen-bond donors (Lipinski definition) is 5. The maximum atomic E-state index is 11.6. The number of ketones is 4. The molecule has 113 heavy (non-hydrogen) atoms. The number of amides is 3. The summed E-state index contributed by atoms with van der Waals surface area (Å²) in [4.78, 5) is 90.3. The number of carbonyl (C=O) groups is 8. The fourth-order valence-electron chi connectivity index (χ4n) is 11.3. The van der Waals surface area contributed by atoms with Crippen LogP contribution in [0.1, 0.15) is 326 Å². The highest BCUT2D eigenvalue weighted by Crippen LogP contribution is 2.32. The molecule has 0 bridgehead atoms. The van der Waals surface area contributed by atoms with Crippen LogP contribution in [0.5, 0.6) is 0 Å². The van der Waals surface area contributed by atoms with Crippen LogP contribution in [0.25, 0.3) is 0 Å². The highest BCUT2D eigenvalue weighted by molar-refractivity contribution is 5.95. The molecule has 0 aromatic heterocycles. The van der Waals surface area contributed by atoms with E-state index >= 15 is 0 Å². The highest BCUT2D eigenvalue weighted by atomic mass is 16.4. The molecule has 0 radical (unpaired) electrons. The van der Waals surface area contributed by atoms with E-state index < -0.39 is 5.97 Å². The van der Waals surface area contributed by atoms with Crippen LogP contribution >= 0.6 is 0 Å². The number of anilines is 3. The van der Waals surface area contributed by atoms with Gasteiger partial charge in [0.05, 0.1) is 5.56 Å². The largest absolute Gasteiger partial charge is 0.478 e. The summed E-state index contributed by atoms with van der Waals surface area (Å²) in [5.41, 5.74) is 29.8. The van der Waals surface area contributed by atoms with Crippen LogP contribution in [-0.4, -0.2) is 71.6 Å². The quantitative estimate of drug-likeness (QED) is 0.0298. The Morgan fingerprint density at radius 1 is 0.389 bits per heavy atom. The second kappa shape index (κ2) is 51.1. The lowest BCUT2D eigenvalue weighted by Crippen LogP contribution is -2.25. The number of nitrogens with zero attached hydrogens (tertiary/aromatic N) is 1. The molecular weight excluding hydrogens is 1400 g/mol.